The summed E-state index contributed by atoms with van der Waals surface area (Å²) in [6, 6.07) is 4.71. The van der Waals surface area contributed by atoms with E-state index in [1.54, 1.807) is 18.2 Å². The first kappa shape index (κ1) is 12.8. The molecule has 1 aromatic carbocycles. The van der Waals surface area contributed by atoms with Crippen molar-refractivity contribution in [2.75, 3.05) is 12.4 Å². The molecule has 0 radical (unpaired) electrons. The van der Waals surface area contributed by atoms with Gasteiger partial charge in [-0.15, -0.1) is 0 Å². The van der Waals surface area contributed by atoms with E-state index in [4.69, 9.17) is 4.74 Å². The molecule has 0 aliphatic carbocycles. The number of anilines is 1. The number of amides is 3. The number of nitrogens with one attached hydrogen (secondary N) is 2. The predicted octanol–water partition coefficient (Wildman–Crippen LogP) is 0.902. The van der Waals surface area contributed by atoms with Crippen molar-refractivity contribution in [2.24, 2.45) is 0 Å². The monoisotopic (exact) mass is 260 g/mol. The van der Waals surface area contributed by atoms with Gasteiger partial charge in [0.25, 0.3) is 11.8 Å². The molecule has 6 heteroatoms. The van der Waals surface area contributed by atoms with Crippen LogP contribution in [0.5, 0.6) is 0 Å². The zero-order valence-electron chi connectivity index (χ0n) is 10.4. The summed E-state index contributed by atoms with van der Waals surface area (Å²) >= 11 is 0. The molecule has 0 atom stereocenters. The largest absolute Gasteiger partial charge is 0.504 e. The van der Waals surface area contributed by atoms with Crippen molar-refractivity contribution in [2.45, 2.75) is 6.92 Å². The minimum Gasteiger partial charge on any atom is -0.504 e. The van der Waals surface area contributed by atoms with Crippen LogP contribution in [-0.2, 0) is 14.3 Å². The van der Waals surface area contributed by atoms with Gasteiger partial charge in [0, 0.05) is 23.7 Å². The maximum Gasteiger partial charge on any atom is 0.261 e. The van der Waals surface area contributed by atoms with Crippen molar-refractivity contribution >= 4 is 29.0 Å². The Hall–Kier alpha value is -2.63. The first-order valence-corrected chi connectivity index (χ1v) is 5.53. The van der Waals surface area contributed by atoms with Gasteiger partial charge in [-0.1, -0.05) is 0 Å². The fraction of sp³-hybridized carbons (Fsp3) is 0.154. The van der Waals surface area contributed by atoms with Gasteiger partial charge in [0.2, 0.25) is 5.91 Å². The van der Waals surface area contributed by atoms with Crippen LogP contribution in [0.3, 0.4) is 0 Å². The molecule has 1 aliphatic heterocycles. The van der Waals surface area contributed by atoms with Gasteiger partial charge in [-0.3, -0.25) is 19.7 Å². The lowest BCUT2D eigenvalue weighted by atomic mass is 9.95. The molecule has 3 amide bonds. The predicted molar refractivity (Wildman–Crippen MR) is 68.2 cm³/mol. The Bertz CT molecular complexity index is 605. The second-order valence-corrected chi connectivity index (χ2v) is 3.99. The smallest absolute Gasteiger partial charge is 0.261 e. The lowest BCUT2D eigenvalue weighted by molar-refractivity contribution is -0.115. The average Bonchev–Trinajstić information content (AvgIpc) is 2.33. The molecule has 2 rings (SSSR count). The minimum absolute atomic E-state index is 0.233. The zero-order chi connectivity index (χ0) is 14.0. The van der Waals surface area contributed by atoms with E-state index in [1.807, 2.05) is 0 Å². The maximum atomic E-state index is 11.7. The average molecular weight is 260 g/mol. The second kappa shape index (κ2) is 4.93. The first-order valence-electron chi connectivity index (χ1n) is 5.53. The number of hydrogen-bond acceptors (Lipinski definition) is 4. The number of carbonyl (C=O) groups is 3. The van der Waals surface area contributed by atoms with E-state index in [-0.39, 0.29) is 11.5 Å². The van der Waals surface area contributed by atoms with Gasteiger partial charge in [-0.2, -0.15) is 0 Å². The van der Waals surface area contributed by atoms with Crippen LogP contribution in [0.15, 0.2) is 24.5 Å². The molecular weight excluding hydrogens is 248 g/mol. The van der Waals surface area contributed by atoms with Crippen LogP contribution in [-0.4, -0.2) is 24.8 Å². The lowest BCUT2D eigenvalue weighted by Gasteiger charge is -2.18. The van der Waals surface area contributed by atoms with Crippen molar-refractivity contribution < 1.29 is 19.1 Å². The lowest BCUT2D eigenvalue weighted by Crippen LogP contribution is -2.36. The third-order valence-corrected chi connectivity index (χ3v) is 2.58. The molecule has 0 saturated carbocycles. The topological polar surface area (TPSA) is 84.5 Å². The number of fused-ring (bicyclic) bond motifs is 1. The number of rotatable bonds is 2. The van der Waals surface area contributed by atoms with E-state index < -0.39 is 11.8 Å². The summed E-state index contributed by atoms with van der Waals surface area (Å²) in [6.45, 7) is 1.38. The minimum atomic E-state index is -0.528. The SMILES string of the molecule is COC=C1C(=O)NC(=O)c2ccc(NC(C)=O)cc21. The van der Waals surface area contributed by atoms with E-state index in [0.29, 0.717) is 16.8 Å². The highest BCUT2D eigenvalue weighted by atomic mass is 16.5. The Kier molecular flexibility index (Phi) is 3.33. The number of ether oxygens (including phenoxy) is 1. The van der Waals surface area contributed by atoms with Crippen molar-refractivity contribution in [3.63, 3.8) is 0 Å². The van der Waals surface area contributed by atoms with Crippen LogP contribution in [0.1, 0.15) is 22.8 Å². The van der Waals surface area contributed by atoms with Gasteiger partial charge >= 0.3 is 0 Å². The molecule has 0 unspecified atom stereocenters. The molecule has 1 aliphatic rings. The van der Waals surface area contributed by atoms with E-state index in [1.165, 1.54) is 20.3 Å². The molecule has 0 saturated heterocycles. The summed E-state index contributed by atoms with van der Waals surface area (Å²) in [6.07, 6.45) is 1.26. The number of carbonyl (C=O) groups excluding carboxylic acids is 3. The highest BCUT2D eigenvalue weighted by Crippen LogP contribution is 2.27. The summed E-state index contributed by atoms with van der Waals surface area (Å²) in [5, 5.41) is 4.81. The Morgan fingerprint density at radius 2 is 2.00 bits per heavy atom. The summed E-state index contributed by atoms with van der Waals surface area (Å²) < 4.78 is 4.84. The van der Waals surface area contributed by atoms with Crippen molar-refractivity contribution in [1.29, 1.82) is 0 Å². The molecule has 0 aromatic heterocycles. The molecule has 1 heterocycles. The van der Waals surface area contributed by atoms with Gasteiger partial charge < -0.3 is 10.1 Å². The molecule has 98 valence electrons. The van der Waals surface area contributed by atoms with Gasteiger partial charge in [-0.25, -0.2) is 0 Å². The molecule has 19 heavy (non-hydrogen) atoms. The summed E-state index contributed by atoms with van der Waals surface area (Å²) in [4.78, 5) is 34.4. The summed E-state index contributed by atoms with van der Waals surface area (Å²) in [7, 11) is 1.41. The first-order chi connectivity index (χ1) is 9.02. The normalized spacial score (nSPS) is 15.8. The van der Waals surface area contributed by atoms with Crippen LogP contribution >= 0.6 is 0 Å². The van der Waals surface area contributed by atoms with E-state index in [9.17, 15) is 14.4 Å². The van der Waals surface area contributed by atoms with Crippen LogP contribution < -0.4 is 10.6 Å². The summed E-state index contributed by atoms with van der Waals surface area (Å²) in [5.74, 6) is -1.23. The molecule has 1 aromatic rings. The fourth-order valence-electron chi connectivity index (χ4n) is 1.84. The van der Waals surface area contributed by atoms with Crippen LogP contribution in [0.25, 0.3) is 5.57 Å². The van der Waals surface area contributed by atoms with E-state index in [0.717, 1.165) is 0 Å². The maximum absolute atomic E-state index is 11.7. The third kappa shape index (κ3) is 2.47. The standard InChI is InChI=1S/C13H12N2O4/c1-7(16)14-8-3-4-9-10(5-8)11(6-19-2)13(18)15-12(9)17/h3-6H,1-2H3,(H,14,16)(H,15,17,18). The molecule has 0 bridgehead atoms. The second-order valence-electron chi connectivity index (χ2n) is 3.99. The van der Waals surface area contributed by atoms with Crippen molar-refractivity contribution in [3.05, 3.63) is 35.6 Å². The number of imide groups is 1. The van der Waals surface area contributed by atoms with Crippen molar-refractivity contribution in [3.8, 4) is 0 Å². The summed E-state index contributed by atoms with van der Waals surface area (Å²) in [5.41, 5.74) is 1.54. The van der Waals surface area contributed by atoms with Crippen molar-refractivity contribution in [1.82, 2.24) is 5.32 Å². The quantitative estimate of drug-likeness (QED) is 0.470. The number of hydrogen-bond donors (Lipinski definition) is 2. The van der Waals surface area contributed by atoms with Gasteiger partial charge in [0.1, 0.15) is 0 Å². The van der Waals surface area contributed by atoms with Gasteiger partial charge in [-0.05, 0) is 18.2 Å². The van der Waals surface area contributed by atoms with Gasteiger partial charge in [0.15, 0.2) is 0 Å². The molecule has 2 N–H and O–H groups in total. The van der Waals surface area contributed by atoms with Crippen LogP contribution in [0.2, 0.25) is 0 Å². The highest BCUT2D eigenvalue weighted by Gasteiger charge is 2.27. The molecular formula is C13H12N2O4. The Morgan fingerprint density at radius 1 is 1.26 bits per heavy atom. The van der Waals surface area contributed by atoms with E-state index in [2.05, 4.69) is 10.6 Å². The highest BCUT2D eigenvalue weighted by molar-refractivity contribution is 6.31. The van der Waals surface area contributed by atoms with E-state index >= 15 is 0 Å². The van der Waals surface area contributed by atoms with Crippen LogP contribution in [0.4, 0.5) is 5.69 Å². The number of benzene rings is 1. The molecule has 6 nitrogen and oxygen atoms in total. The Balaban J connectivity index is 2.54. The Labute approximate surface area is 109 Å². The van der Waals surface area contributed by atoms with Crippen LogP contribution in [0, 0.1) is 0 Å². The molecule has 0 spiro atoms. The Morgan fingerprint density at radius 3 is 2.63 bits per heavy atom. The fourth-order valence-corrected chi connectivity index (χ4v) is 1.84. The zero-order valence-corrected chi connectivity index (χ0v) is 10.4. The third-order valence-electron chi connectivity index (χ3n) is 2.58. The molecule has 0 fully saturated rings. The number of methoxy groups -OCH3 is 1. The van der Waals surface area contributed by atoms with Gasteiger partial charge in [0.05, 0.1) is 18.9 Å².